The molecule has 0 spiro atoms. The molecular weight excluding hydrogens is 454 g/mol. The van der Waals surface area contributed by atoms with Crippen LogP contribution in [0.25, 0.3) is 33.2 Å². The standard InChI is InChI=1S/C27H26ClNO3S/c1-33(30,31)24-8-6-20(7-9-24)19-2-4-21(5-3-19)25-16-22-15-23(29-27(22)17-26(25)28)14-18-10-12-32-13-11-18/h2-9,15-18,29H,10-14H2,1H3. The molecule has 4 nitrogen and oxygen atoms in total. The second-order valence-electron chi connectivity index (χ2n) is 8.85. The van der Waals surface area contributed by atoms with Crippen LogP contribution in [-0.2, 0) is 21.0 Å². The van der Waals surface area contributed by atoms with Gasteiger partial charge in [-0.05, 0) is 72.2 Å². The van der Waals surface area contributed by atoms with Crippen molar-refractivity contribution in [2.45, 2.75) is 24.2 Å². The monoisotopic (exact) mass is 479 g/mol. The molecule has 5 rings (SSSR count). The summed E-state index contributed by atoms with van der Waals surface area (Å²) >= 11 is 6.66. The van der Waals surface area contributed by atoms with E-state index in [1.54, 1.807) is 12.1 Å². The number of halogens is 1. The average molecular weight is 480 g/mol. The molecule has 1 aliphatic heterocycles. The minimum atomic E-state index is -3.20. The molecule has 6 heteroatoms. The van der Waals surface area contributed by atoms with Crippen LogP contribution in [0.5, 0.6) is 0 Å². The lowest BCUT2D eigenvalue weighted by atomic mass is 9.95. The van der Waals surface area contributed by atoms with Crippen molar-refractivity contribution in [1.29, 1.82) is 0 Å². The quantitative estimate of drug-likeness (QED) is 0.354. The Morgan fingerprint density at radius 1 is 0.909 bits per heavy atom. The van der Waals surface area contributed by atoms with Gasteiger partial charge in [0.05, 0.1) is 9.92 Å². The Morgan fingerprint density at radius 3 is 2.15 bits per heavy atom. The molecule has 2 heterocycles. The van der Waals surface area contributed by atoms with Crippen LogP contribution in [-0.4, -0.2) is 32.9 Å². The van der Waals surface area contributed by atoms with Gasteiger partial charge in [0.2, 0.25) is 0 Å². The molecule has 0 bridgehead atoms. The summed E-state index contributed by atoms with van der Waals surface area (Å²) in [6.07, 6.45) is 4.49. The van der Waals surface area contributed by atoms with Gasteiger partial charge in [-0.25, -0.2) is 8.42 Å². The lowest BCUT2D eigenvalue weighted by molar-refractivity contribution is 0.0663. The Morgan fingerprint density at radius 2 is 1.52 bits per heavy atom. The maximum absolute atomic E-state index is 11.7. The maximum Gasteiger partial charge on any atom is 0.175 e. The van der Waals surface area contributed by atoms with Gasteiger partial charge < -0.3 is 9.72 Å². The van der Waals surface area contributed by atoms with Crippen molar-refractivity contribution in [3.05, 3.63) is 77.4 Å². The molecule has 170 valence electrons. The Hall–Kier alpha value is -2.60. The van der Waals surface area contributed by atoms with Crippen LogP contribution in [0.4, 0.5) is 0 Å². The molecule has 0 unspecified atom stereocenters. The third-order valence-electron chi connectivity index (χ3n) is 6.43. The molecule has 0 amide bonds. The molecule has 1 fully saturated rings. The molecule has 0 atom stereocenters. The smallest absolute Gasteiger partial charge is 0.175 e. The van der Waals surface area contributed by atoms with E-state index in [2.05, 4.69) is 29.2 Å². The molecule has 0 saturated carbocycles. The number of ether oxygens (including phenoxy) is 1. The second-order valence-corrected chi connectivity index (χ2v) is 11.3. The number of H-pyrrole nitrogens is 1. The van der Waals surface area contributed by atoms with Gasteiger partial charge in [-0.15, -0.1) is 0 Å². The van der Waals surface area contributed by atoms with E-state index < -0.39 is 9.84 Å². The first-order valence-electron chi connectivity index (χ1n) is 11.2. The highest BCUT2D eigenvalue weighted by molar-refractivity contribution is 7.90. The number of nitrogens with one attached hydrogen (secondary N) is 1. The van der Waals surface area contributed by atoms with Crippen molar-refractivity contribution in [3.8, 4) is 22.3 Å². The average Bonchev–Trinajstić information content (AvgIpc) is 3.20. The number of sulfone groups is 1. The molecule has 3 aromatic carbocycles. The zero-order valence-corrected chi connectivity index (χ0v) is 20.0. The second kappa shape index (κ2) is 8.98. The summed E-state index contributed by atoms with van der Waals surface area (Å²) in [6, 6.07) is 21.6. The molecule has 1 aliphatic rings. The van der Waals surface area contributed by atoms with Crippen molar-refractivity contribution >= 4 is 32.3 Å². The summed E-state index contributed by atoms with van der Waals surface area (Å²) in [5.41, 5.74) is 6.35. The van der Waals surface area contributed by atoms with E-state index in [4.69, 9.17) is 16.3 Å². The molecule has 0 aliphatic carbocycles. The maximum atomic E-state index is 11.7. The summed E-state index contributed by atoms with van der Waals surface area (Å²) in [5, 5.41) is 1.88. The van der Waals surface area contributed by atoms with Crippen LogP contribution in [0.2, 0.25) is 5.02 Å². The fourth-order valence-corrected chi connectivity index (χ4v) is 5.45. The number of benzene rings is 3. The number of aromatic nitrogens is 1. The number of hydrogen-bond donors (Lipinski definition) is 1. The van der Waals surface area contributed by atoms with Crippen molar-refractivity contribution < 1.29 is 13.2 Å². The van der Waals surface area contributed by atoms with Gasteiger partial charge in [-0.2, -0.15) is 0 Å². The number of fused-ring (bicyclic) bond motifs is 1. The fraction of sp³-hybridized carbons (Fsp3) is 0.259. The predicted octanol–water partition coefficient (Wildman–Crippen LogP) is 6.53. The third-order valence-corrected chi connectivity index (χ3v) is 7.87. The largest absolute Gasteiger partial charge is 0.381 e. The molecule has 4 aromatic rings. The van der Waals surface area contributed by atoms with Crippen LogP contribution < -0.4 is 0 Å². The van der Waals surface area contributed by atoms with Crippen molar-refractivity contribution in [1.82, 2.24) is 4.98 Å². The van der Waals surface area contributed by atoms with Gasteiger partial charge in [-0.3, -0.25) is 0 Å². The Bertz CT molecular complexity index is 1380. The van der Waals surface area contributed by atoms with E-state index in [1.807, 2.05) is 30.3 Å². The summed E-state index contributed by atoms with van der Waals surface area (Å²) in [7, 11) is -3.20. The zero-order chi connectivity index (χ0) is 23.0. The van der Waals surface area contributed by atoms with Gasteiger partial charge in [-0.1, -0.05) is 48.0 Å². The number of hydrogen-bond acceptors (Lipinski definition) is 3. The SMILES string of the molecule is CS(=O)(=O)c1ccc(-c2ccc(-c3cc4cc(CC5CCOCC5)[nH]c4cc3Cl)cc2)cc1. The van der Waals surface area contributed by atoms with E-state index in [0.29, 0.717) is 15.8 Å². The van der Waals surface area contributed by atoms with E-state index in [0.717, 1.165) is 65.6 Å². The molecular formula is C27H26ClNO3S. The van der Waals surface area contributed by atoms with Crippen LogP contribution in [0.15, 0.2) is 71.6 Å². The summed E-state index contributed by atoms with van der Waals surface area (Å²) in [5.74, 6) is 0.667. The lowest BCUT2D eigenvalue weighted by Crippen LogP contribution is -2.17. The van der Waals surface area contributed by atoms with Crippen molar-refractivity contribution in [2.75, 3.05) is 19.5 Å². The molecule has 33 heavy (non-hydrogen) atoms. The minimum absolute atomic E-state index is 0.325. The number of aromatic amines is 1. The van der Waals surface area contributed by atoms with Gasteiger partial charge in [0, 0.05) is 41.6 Å². The number of rotatable bonds is 5. The van der Waals surface area contributed by atoms with E-state index in [-0.39, 0.29) is 0 Å². The summed E-state index contributed by atoms with van der Waals surface area (Å²) in [4.78, 5) is 3.86. The van der Waals surface area contributed by atoms with E-state index in [1.165, 1.54) is 11.9 Å². The Balaban J connectivity index is 1.39. The molecule has 1 N–H and O–H groups in total. The lowest BCUT2D eigenvalue weighted by Gasteiger charge is -2.21. The van der Waals surface area contributed by atoms with E-state index >= 15 is 0 Å². The van der Waals surface area contributed by atoms with Gasteiger partial charge in [0.1, 0.15) is 0 Å². The van der Waals surface area contributed by atoms with Gasteiger partial charge >= 0.3 is 0 Å². The highest BCUT2D eigenvalue weighted by Gasteiger charge is 2.16. The van der Waals surface area contributed by atoms with Crippen molar-refractivity contribution in [3.63, 3.8) is 0 Å². The minimum Gasteiger partial charge on any atom is -0.381 e. The first kappa shape index (κ1) is 22.2. The Labute approximate surface area is 199 Å². The van der Waals surface area contributed by atoms with Crippen LogP contribution in [0.1, 0.15) is 18.5 Å². The Kier molecular flexibility index (Phi) is 6.04. The predicted molar refractivity (Wildman–Crippen MR) is 135 cm³/mol. The first-order valence-corrected chi connectivity index (χ1v) is 13.4. The topological polar surface area (TPSA) is 59.2 Å². The summed E-state index contributed by atoms with van der Waals surface area (Å²) < 4.78 is 28.9. The summed E-state index contributed by atoms with van der Waals surface area (Å²) in [6.45, 7) is 1.72. The first-order chi connectivity index (χ1) is 15.9. The highest BCUT2D eigenvalue weighted by Crippen LogP contribution is 2.34. The normalized spacial score (nSPS) is 15.2. The highest BCUT2D eigenvalue weighted by atomic mass is 35.5. The van der Waals surface area contributed by atoms with Crippen LogP contribution >= 0.6 is 11.6 Å². The molecule has 1 saturated heterocycles. The van der Waals surface area contributed by atoms with Crippen molar-refractivity contribution in [2.24, 2.45) is 5.92 Å². The third kappa shape index (κ3) is 4.86. The van der Waals surface area contributed by atoms with Crippen LogP contribution in [0, 0.1) is 5.92 Å². The molecule has 1 aromatic heterocycles. The fourth-order valence-electron chi connectivity index (χ4n) is 4.54. The van der Waals surface area contributed by atoms with Gasteiger partial charge in [0.25, 0.3) is 0 Å². The van der Waals surface area contributed by atoms with E-state index in [9.17, 15) is 8.42 Å². The van der Waals surface area contributed by atoms with Crippen LogP contribution in [0.3, 0.4) is 0 Å². The molecule has 0 radical (unpaired) electrons. The van der Waals surface area contributed by atoms with Gasteiger partial charge in [0.15, 0.2) is 9.84 Å². The zero-order valence-electron chi connectivity index (χ0n) is 18.5.